The molecule has 0 saturated carbocycles. The molecule has 32 heteroatoms. The summed E-state index contributed by atoms with van der Waals surface area (Å²) < 4.78 is 86.8. The van der Waals surface area contributed by atoms with E-state index < -0.39 is 37.0 Å². The van der Waals surface area contributed by atoms with Crippen molar-refractivity contribution < 1.29 is 93.8 Å². The number of ether oxygens (including phenoxy) is 8. The van der Waals surface area contributed by atoms with Crippen molar-refractivity contribution in [1.29, 1.82) is 0 Å². The fourth-order valence-corrected chi connectivity index (χ4v) is 12.4. The first-order valence-electron chi connectivity index (χ1n) is 31.9. The molecule has 0 spiro atoms. The number of carbonyl (C=O) groups excluding carboxylic acids is 8. The van der Waals surface area contributed by atoms with E-state index in [0.717, 1.165) is 44.4 Å². The molecule has 0 amide bonds. The van der Waals surface area contributed by atoms with Crippen LogP contribution in [0.1, 0.15) is 121 Å². The largest absolute Gasteiger partial charge is 0.469 e. The molecule has 0 fully saturated rings. The van der Waals surface area contributed by atoms with Crippen LogP contribution < -0.4 is 0 Å². The zero-order chi connectivity index (χ0) is 84.6. The summed E-state index contributed by atoms with van der Waals surface area (Å²) in [7, 11) is 10.7. The lowest BCUT2D eigenvalue weighted by Gasteiger charge is -2.19. The third-order valence-corrected chi connectivity index (χ3v) is 22.5. The Kier molecular flexibility index (Phi) is 49.7. The molecule has 0 N–H and O–H groups in total. The highest BCUT2D eigenvalue weighted by molar-refractivity contribution is 9.11. The molecule has 0 heterocycles. The van der Waals surface area contributed by atoms with Crippen LogP contribution >= 0.6 is 174 Å². The van der Waals surface area contributed by atoms with Crippen molar-refractivity contribution in [2.45, 2.75) is 86.4 Å². The fourth-order valence-electron chi connectivity index (χ4n) is 8.08. The monoisotopic (exact) mass is 2130 g/mol. The molecule has 0 aliphatic heterocycles. The molecule has 16 nitrogen and oxygen atoms in total. The molecule has 0 bridgehead atoms. The van der Waals surface area contributed by atoms with Crippen LogP contribution in [0.2, 0.25) is 20.1 Å². The Bertz CT molecular complexity index is 4050. The normalized spacial score (nSPS) is 12.3. The van der Waals surface area contributed by atoms with Crippen molar-refractivity contribution in [2.24, 2.45) is 0 Å². The molecule has 602 valence electrons. The molecule has 8 rings (SSSR count). The van der Waals surface area contributed by atoms with Crippen LogP contribution in [0.4, 0.5) is 17.6 Å². The SMILES string of the molecule is COC(=O)C(Br)c1ccc(Br)cc1.COC(=O)C(Br)c1ccc(C(C)(C)C)cc1.COC(=O)C(Br)c1ccc(C(F)(F)F)cc1.COC(=O)C(Br)c1ccc(C)c(C)c1.COC(=O)C(Br)c1ccc(Cl)c(Cl)c1.COC(=O)C(Br)c1ccc(Cl)cc1.COC(=O)C(Br)c1cccc(Cl)c1.COC(=O)Cc1cccc(F)c1. The van der Waals surface area contributed by atoms with Gasteiger partial charge in [-0.25, -0.2) is 4.39 Å². The Morgan fingerprint density at radius 3 is 1.01 bits per heavy atom. The summed E-state index contributed by atoms with van der Waals surface area (Å²) in [5.41, 5.74) is 9.14. The number of benzene rings is 8. The highest BCUT2D eigenvalue weighted by Crippen LogP contribution is 2.35. The summed E-state index contributed by atoms with van der Waals surface area (Å²) in [5, 5.41) is 2.12. The number of carbonyl (C=O) groups is 8. The molecule has 8 aromatic carbocycles. The van der Waals surface area contributed by atoms with Crippen molar-refractivity contribution in [2.75, 3.05) is 56.9 Å². The quantitative estimate of drug-likeness (QED) is 0.0381. The molecule has 111 heavy (non-hydrogen) atoms. The van der Waals surface area contributed by atoms with Gasteiger partial charge in [0.05, 0.1) is 78.9 Å². The van der Waals surface area contributed by atoms with Crippen LogP contribution in [-0.4, -0.2) is 105 Å². The summed E-state index contributed by atoms with van der Waals surface area (Å²) in [5.74, 6) is -3.11. The Labute approximate surface area is 730 Å². The van der Waals surface area contributed by atoms with E-state index in [9.17, 15) is 55.9 Å². The number of methoxy groups -OCH3 is 8. The van der Waals surface area contributed by atoms with Crippen LogP contribution in [0.25, 0.3) is 0 Å². The van der Waals surface area contributed by atoms with Crippen LogP contribution in [0.15, 0.2) is 186 Å². The molecular formula is C79H78Br8Cl4F4O16. The lowest BCUT2D eigenvalue weighted by atomic mass is 9.86. The zero-order valence-corrected chi connectivity index (χ0v) is 77.4. The first kappa shape index (κ1) is 103. The van der Waals surface area contributed by atoms with Gasteiger partial charge in [0.2, 0.25) is 0 Å². The van der Waals surface area contributed by atoms with Gasteiger partial charge in [-0.2, -0.15) is 13.2 Å². The van der Waals surface area contributed by atoms with Crippen LogP contribution in [0.5, 0.6) is 0 Å². The molecule has 0 aliphatic carbocycles. The summed E-state index contributed by atoms with van der Waals surface area (Å²) in [6.45, 7) is 10.5. The zero-order valence-electron chi connectivity index (χ0n) is 61.6. The number of aryl methyl sites for hydroxylation is 2. The molecule has 8 aromatic rings. The second-order valence-electron chi connectivity index (χ2n) is 23.2. The predicted octanol–water partition coefficient (Wildman–Crippen LogP) is 23.9. The Morgan fingerprint density at radius 2 is 0.676 bits per heavy atom. The Morgan fingerprint density at radius 1 is 0.351 bits per heavy atom. The second kappa shape index (κ2) is 53.4. The van der Waals surface area contributed by atoms with Gasteiger partial charge in [-0.05, 0) is 153 Å². The fraction of sp³-hybridized carbons (Fsp3) is 0.291. The number of hydrogen-bond donors (Lipinski definition) is 0. The van der Waals surface area contributed by atoms with Gasteiger partial charge >= 0.3 is 53.9 Å². The number of alkyl halides is 10. The van der Waals surface area contributed by atoms with Gasteiger partial charge in [0.25, 0.3) is 0 Å². The van der Waals surface area contributed by atoms with Crippen molar-refractivity contribution in [3.8, 4) is 0 Å². The molecule has 7 unspecified atom stereocenters. The van der Waals surface area contributed by atoms with Gasteiger partial charge < -0.3 is 37.9 Å². The third kappa shape index (κ3) is 38.5. The highest BCUT2D eigenvalue weighted by Gasteiger charge is 2.31. The average molecular weight is 2140 g/mol. The Hall–Kier alpha value is -5.76. The standard InChI is InChI=1S/C13H17BrO2.C11H13BrO2.C10H8BrF3O2.C9H8Br2O2.C9H7BrCl2O2.2C9H8BrClO2.C9H9FO2/c1-13(2,3)10-7-5-9(6-8-10)11(14)12(15)16-4;1-7-4-5-9(6-8(7)2)10(12)11(13)14-3;1-16-9(15)8(11)6-2-4-7(5-3-6)10(12,13)14;1-13-9(12)8(11)6-2-4-7(10)5-3-6;1-14-9(13)8(10)5-2-3-6(11)7(12)4-5;1-13-9(12)8(10)6-2-4-7(11)5-3-6;1-13-9(12)8(10)6-3-2-4-7(11)5-6;1-12-9(11)6-7-3-2-4-8(10)5-7/h5-8,11H,1-4H3;4-6,10H,1-3H3;2-5,8H,1H3;2-5,8H,1H3;2-4,8H,1H3;2*2-5,8H,1H3;2-5H,6H2,1H3. The maximum atomic E-state index is 12.6. The summed E-state index contributed by atoms with van der Waals surface area (Å²) in [6, 6.07) is 50.7. The smallest absolute Gasteiger partial charge is 0.416 e. The van der Waals surface area contributed by atoms with Gasteiger partial charge in [-0.1, -0.05) is 304 Å². The minimum Gasteiger partial charge on any atom is -0.469 e. The van der Waals surface area contributed by atoms with E-state index in [1.54, 1.807) is 72.8 Å². The van der Waals surface area contributed by atoms with Crippen molar-refractivity contribution >= 4 is 222 Å². The van der Waals surface area contributed by atoms with Crippen LogP contribution in [-0.2, 0) is 94.3 Å². The lowest BCUT2D eigenvalue weighted by Crippen LogP contribution is -2.12. The first-order valence-corrected chi connectivity index (χ1v) is 40.6. The van der Waals surface area contributed by atoms with Crippen molar-refractivity contribution in [3.05, 3.63) is 279 Å². The van der Waals surface area contributed by atoms with Gasteiger partial charge in [-0.3, -0.25) is 38.4 Å². The van der Waals surface area contributed by atoms with Crippen molar-refractivity contribution in [1.82, 2.24) is 0 Å². The van der Waals surface area contributed by atoms with E-state index in [0.29, 0.717) is 36.8 Å². The maximum Gasteiger partial charge on any atom is 0.416 e. The summed E-state index contributed by atoms with van der Waals surface area (Å²) >= 11 is 48.8. The van der Waals surface area contributed by atoms with E-state index in [4.69, 9.17) is 46.4 Å². The van der Waals surface area contributed by atoms with Crippen LogP contribution in [0.3, 0.4) is 0 Å². The first-order chi connectivity index (χ1) is 52.0. The van der Waals surface area contributed by atoms with Gasteiger partial charge in [-0.15, -0.1) is 0 Å². The predicted molar refractivity (Wildman–Crippen MR) is 454 cm³/mol. The molecule has 0 aromatic heterocycles. The van der Waals surface area contributed by atoms with E-state index in [2.05, 4.69) is 186 Å². The molecule has 0 saturated heterocycles. The van der Waals surface area contributed by atoms with E-state index >= 15 is 0 Å². The number of halogens is 16. The van der Waals surface area contributed by atoms with E-state index in [1.165, 1.54) is 97.8 Å². The molecule has 0 aliphatic rings. The topological polar surface area (TPSA) is 210 Å². The van der Waals surface area contributed by atoms with Gasteiger partial charge in [0.1, 0.15) is 39.6 Å². The average Bonchev–Trinajstić information content (AvgIpc) is 0.840. The summed E-state index contributed by atoms with van der Waals surface area (Å²) in [6.07, 6.45) is -4.25. The third-order valence-electron chi connectivity index (χ3n) is 14.4. The minimum absolute atomic E-state index is 0.119. The number of esters is 8. The van der Waals surface area contributed by atoms with Crippen LogP contribution in [0, 0.1) is 19.7 Å². The van der Waals surface area contributed by atoms with E-state index in [-0.39, 0.29) is 73.9 Å². The summed E-state index contributed by atoms with van der Waals surface area (Å²) in [4.78, 5) is 85.6. The van der Waals surface area contributed by atoms with E-state index in [1.807, 2.05) is 86.6 Å². The lowest BCUT2D eigenvalue weighted by molar-refractivity contribution is -0.140. The minimum atomic E-state index is -4.37. The number of hydrogen-bond acceptors (Lipinski definition) is 16. The highest BCUT2D eigenvalue weighted by atomic mass is 79.9. The second-order valence-corrected chi connectivity index (χ2v) is 32.3. The molecule has 0 radical (unpaired) electrons. The Balaban J connectivity index is 0.000000635. The maximum absolute atomic E-state index is 12.6. The molecular weight excluding hydrogens is 2060 g/mol. The van der Waals surface area contributed by atoms with Gasteiger partial charge in [0.15, 0.2) is 0 Å². The number of rotatable bonds is 16. The van der Waals surface area contributed by atoms with Gasteiger partial charge in [0, 0.05) is 14.5 Å². The van der Waals surface area contributed by atoms with Crippen molar-refractivity contribution in [3.63, 3.8) is 0 Å². The molecule has 7 atom stereocenters.